The number of ether oxygens (including phenoxy) is 1. The van der Waals surface area contributed by atoms with Gasteiger partial charge in [-0.05, 0) is 37.6 Å². The Kier molecular flexibility index (Phi) is 6.06. The minimum atomic E-state index is -0.347. The zero-order chi connectivity index (χ0) is 14.3. The summed E-state index contributed by atoms with van der Waals surface area (Å²) >= 11 is 0. The van der Waals surface area contributed by atoms with Gasteiger partial charge in [0.2, 0.25) is 5.91 Å². The molecule has 1 atom stereocenters. The second-order valence-electron chi connectivity index (χ2n) is 4.48. The van der Waals surface area contributed by atoms with Crippen molar-refractivity contribution in [2.45, 2.75) is 33.6 Å². The van der Waals surface area contributed by atoms with E-state index in [1.165, 1.54) is 0 Å². The Morgan fingerprint density at radius 3 is 2.37 bits per heavy atom. The van der Waals surface area contributed by atoms with E-state index in [9.17, 15) is 9.59 Å². The lowest BCUT2D eigenvalue weighted by molar-refractivity contribution is -0.119. The van der Waals surface area contributed by atoms with Crippen LogP contribution in [0.3, 0.4) is 0 Å². The third-order valence-electron chi connectivity index (χ3n) is 2.83. The van der Waals surface area contributed by atoms with Gasteiger partial charge >= 0.3 is 5.97 Å². The number of esters is 1. The molecule has 19 heavy (non-hydrogen) atoms. The highest BCUT2D eigenvalue weighted by molar-refractivity contribution is 5.94. The summed E-state index contributed by atoms with van der Waals surface area (Å²) in [6.45, 7) is 6.08. The van der Waals surface area contributed by atoms with E-state index in [4.69, 9.17) is 4.74 Å². The summed E-state index contributed by atoms with van der Waals surface area (Å²) in [5.74, 6) is -0.347. The standard InChI is InChI=1S/C15H21NO3/c1-4-6-11(3)14(17)16-13-9-7-12(8-10-13)15(18)19-5-2/h7-11H,4-6H2,1-3H3,(H,16,17)/t11-/m1/s1. The van der Waals surface area contributed by atoms with Crippen LogP contribution in [0, 0.1) is 5.92 Å². The van der Waals surface area contributed by atoms with Gasteiger partial charge in [-0.3, -0.25) is 4.79 Å². The maximum Gasteiger partial charge on any atom is 0.338 e. The summed E-state index contributed by atoms with van der Waals surface area (Å²) in [6.07, 6.45) is 1.85. The monoisotopic (exact) mass is 263 g/mol. The SMILES string of the molecule is CCC[C@@H](C)C(=O)Nc1ccc(C(=O)OCC)cc1. The molecule has 0 aliphatic rings. The van der Waals surface area contributed by atoms with Crippen LogP contribution in [0.5, 0.6) is 0 Å². The third-order valence-corrected chi connectivity index (χ3v) is 2.83. The van der Waals surface area contributed by atoms with Gasteiger partial charge in [-0.15, -0.1) is 0 Å². The lowest BCUT2D eigenvalue weighted by Crippen LogP contribution is -2.20. The van der Waals surface area contributed by atoms with Crippen molar-refractivity contribution in [1.29, 1.82) is 0 Å². The molecular weight excluding hydrogens is 242 g/mol. The minimum Gasteiger partial charge on any atom is -0.462 e. The van der Waals surface area contributed by atoms with Crippen LogP contribution in [0.25, 0.3) is 0 Å². The first-order valence-electron chi connectivity index (χ1n) is 6.66. The molecule has 0 saturated carbocycles. The average Bonchev–Trinajstić information content (AvgIpc) is 2.40. The first-order valence-corrected chi connectivity index (χ1v) is 6.66. The molecule has 1 aromatic rings. The smallest absolute Gasteiger partial charge is 0.338 e. The van der Waals surface area contributed by atoms with Gasteiger partial charge < -0.3 is 10.1 Å². The Bertz CT molecular complexity index is 426. The fourth-order valence-corrected chi connectivity index (χ4v) is 1.73. The van der Waals surface area contributed by atoms with E-state index in [-0.39, 0.29) is 17.8 Å². The molecule has 0 bridgehead atoms. The first kappa shape index (κ1) is 15.2. The van der Waals surface area contributed by atoms with Gasteiger partial charge in [0, 0.05) is 11.6 Å². The number of anilines is 1. The third kappa shape index (κ3) is 4.73. The number of rotatable bonds is 6. The second kappa shape index (κ2) is 7.56. The normalized spacial score (nSPS) is 11.7. The quantitative estimate of drug-likeness (QED) is 0.802. The first-order chi connectivity index (χ1) is 9.08. The van der Waals surface area contributed by atoms with Crippen LogP contribution in [-0.2, 0) is 9.53 Å². The number of amides is 1. The lowest BCUT2D eigenvalue weighted by atomic mass is 10.1. The lowest BCUT2D eigenvalue weighted by Gasteiger charge is -2.11. The van der Waals surface area contributed by atoms with Crippen LogP contribution in [0.4, 0.5) is 5.69 Å². The van der Waals surface area contributed by atoms with Crippen molar-refractivity contribution in [1.82, 2.24) is 0 Å². The van der Waals surface area contributed by atoms with Gasteiger partial charge in [0.05, 0.1) is 12.2 Å². The fraction of sp³-hybridized carbons (Fsp3) is 0.467. The Balaban J connectivity index is 2.62. The molecule has 0 radical (unpaired) electrons. The number of carbonyl (C=O) groups excluding carboxylic acids is 2. The van der Waals surface area contributed by atoms with Gasteiger partial charge in [-0.25, -0.2) is 4.79 Å². The molecule has 4 nitrogen and oxygen atoms in total. The van der Waals surface area contributed by atoms with Crippen molar-refractivity contribution in [2.24, 2.45) is 5.92 Å². The molecule has 0 unspecified atom stereocenters. The van der Waals surface area contributed by atoms with Crippen LogP contribution < -0.4 is 5.32 Å². The van der Waals surface area contributed by atoms with Crippen molar-refractivity contribution in [3.8, 4) is 0 Å². The van der Waals surface area contributed by atoms with Gasteiger partial charge in [-0.2, -0.15) is 0 Å². The number of benzene rings is 1. The molecule has 4 heteroatoms. The molecule has 104 valence electrons. The summed E-state index contributed by atoms with van der Waals surface area (Å²) in [4.78, 5) is 23.3. The van der Waals surface area contributed by atoms with Crippen LogP contribution >= 0.6 is 0 Å². The molecule has 1 amide bonds. The summed E-state index contributed by atoms with van der Waals surface area (Å²) in [5, 5.41) is 2.83. The van der Waals surface area contributed by atoms with Gasteiger partial charge in [0.25, 0.3) is 0 Å². The zero-order valence-electron chi connectivity index (χ0n) is 11.7. The van der Waals surface area contributed by atoms with E-state index in [0.717, 1.165) is 12.8 Å². The molecule has 0 aliphatic heterocycles. The van der Waals surface area contributed by atoms with Gasteiger partial charge in [0.15, 0.2) is 0 Å². The molecular formula is C15H21NO3. The fourth-order valence-electron chi connectivity index (χ4n) is 1.73. The maximum absolute atomic E-state index is 11.8. The van der Waals surface area contributed by atoms with Gasteiger partial charge in [-0.1, -0.05) is 20.3 Å². The van der Waals surface area contributed by atoms with Crippen LogP contribution in [0.1, 0.15) is 44.0 Å². The second-order valence-corrected chi connectivity index (χ2v) is 4.48. The molecule has 0 aliphatic carbocycles. The number of nitrogens with one attached hydrogen (secondary N) is 1. The molecule has 0 spiro atoms. The van der Waals surface area contributed by atoms with Crippen LogP contribution in [0.15, 0.2) is 24.3 Å². The van der Waals surface area contributed by atoms with Gasteiger partial charge in [0.1, 0.15) is 0 Å². The van der Waals surface area contributed by atoms with E-state index < -0.39 is 0 Å². The topological polar surface area (TPSA) is 55.4 Å². The summed E-state index contributed by atoms with van der Waals surface area (Å²) in [6, 6.07) is 6.72. The predicted molar refractivity (Wildman–Crippen MR) is 75.1 cm³/mol. The van der Waals surface area contributed by atoms with Crippen molar-refractivity contribution in [3.63, 3.8) is 0 Å². The summed E-state index contributed by atoms with van der Waals surface area (Å²) < 4.78 is 4.89. The largest absolute Gasteiger partial charge is 0.462 e. The molecule has 0 fully saturated rings. The molecule has 0 aromatic heterocycles. The van der Waals surface area contributed by atoms with E-state index >= 15 is 0 Å². The Morgan fingerprint density at radius 1 is 1.21 bits per heavy atom. The summed E-state index contributed by atoms with van der Waals surface area (Å²) in [5.41, 5.74) is 1.18. The van der Waals surface area contributed by atoms with E-state index in [0.29, 0.717) is 17.9 Å². The highest BCUT2D eigenvalue weighted by Crippen LogP contribution is 2.13. The average molecular weight is 263 g/mol. The number of carbonyl (C=O) groups is 2. The van der Waals surface area contributed by atoms with Crippen LogP contribution in [-0.4, -0.2) is 18.5 Å². The highest BCUT2D eigenvalue weighted by Gasteiger charge is 2.12. The van der Waals surface area contributed by atoms with Crippen LogP contribution in [0.2, 0.25) is 0 Å². The van der Waals surface area contributed by atoms with E-state index in [1.807, 2.05) is 6.92 Å². The Morgan fingerprint density at radius 2 is 1.84 bits per heavy atom. The number of hydrogen-bond donors (Lipinski definition) is 1. The molecule has 0 saturated heterocycles. The number of hydrogen-bond acceptors (Lipinski definition) is 3. The molecule has 1 rings (SSSR count). The Hall–Kier alpha value is -1.84. The Labute approximate surface area is 114 Å². The predicted octanol–water partition coefficient (Wildman–Crippen LogP) is 3.24. The van der Waals surface area contributed by atoms with Crippen molar-refractivity contribution < 1.29 is 14.3 Å². The molecule has 0 heterocycles. The highest BCUT2D eigenvalue weighted by atomic mass is 16.5. The maximum atomic E-state index is 11.8. The molecule has 1 N–H and O–H groups in total. The van der Waals surface area contributed by atoms with Crippen molar-refractivity contribution in [2.75, 3.05) is 11.9 Å². The van der Waals surface area contributed by atoms with Crippen molar-refractivity contribution in [3.05, 3.63) is 29.8 Å². The van der Waals surface area contributed by atoms with E-state index in [1.54, 1.807) is 31.2 Å². The van der Waals surface area contributed by atoms with Crippen molar-refractivity contribution >= 4 is 17.6 Å². The summed E-state index contributed by atoms with van der Waals surface area (Å²) in [7, 11) is 0. The van der Waals surface area contributed by atoms with E-state index in [2.05, 4.69) is 12.2 Å². The minimum absolute atomic E-state index is 0.00488. The zero-order valence-corrected chi connectivity index (χ0v) is 11.7. The molecule has 1 aromatic carbocycles.